The van der Waals surface area contributed by atoms with E-state index >= 15 is 0 Å². The van der Waals surface area contributed by atoms with E-state index in [1.807, 2.05) is 0 Å². The Balaban J connectivity index is 2.21. The van der Waals surface area contributed by atoms with Gasteiger partial charge >= 0.3 is 0 Å². The average molecular weight is 1160 g/mol. The fourth-order valence-corrected chi connectivity index (χ4v) is 11.7. The van der Waals surface area contributed by atoms with Crippen molar-refractivity contribution in [1.82, 2.24) is 5.32 Å². The molecule has 1 saturated heterocycles. The van der Waals surface area contributed by atoms with Crippen molar-refractivity contribution in [2.45, 2.75) is 409 Å². The summed E-state index contributed by atoms with van der Waals surface area (Å²) < 4.78 is 11.2. The van der Waals surface area contributed by atoms with Gasteiger partial charge in [0.05, 0.1) is 25.4 Å². The summed E-state index contributed by atoms with van der Waals surface area (Å²) in [6.45, 7) is 3.50. The normalized spacial score (nSPS) is 19.2. The second-order valence-corrected chi connectivity index (χ2v) is 25.3. The topological polar surface area (TPSA) is 189 Å². The predicted octanol–water partition coefficient (Wildman–Crippen LogP) is 17.2. The highest BCUT2D eigenvalue weighted by Gasteiger charge is 2.44. The molecule has 1 heterocycles. The molecule has 0 aromatic rings. The van der Waals surface area contributed by atoms with Crippen LogP contribution in [-0.4, -0.2) is 110 Å². The first-order valence-corrected chi connectivity index (χ1v) is 35.7. The van der Waals surface area contributed by atoms with E-state index in [4.69, 9.17) is 9.47 Å². The summed E-state index contributed by atoms with van der Waals surface area (Å²) in [6.07, 6.45) is 64.1. The maximum Gasteiger partial charge on any atom is 0.249 e. The lowest BCUT2D eigenvalue weighted by molar-refractivity contribution is -0.303. The van der Waals surface area contributed by atoms with E-state index in [9.17, 15) is 40.5 Å². The Morgan fingerprint density at radius 2 is 0.720 bits per heavy atom. The SMILES string of the molecule is CCCCCCCCCCCCCC/C=C\CCCCCCCCCCCCCC(O)C(=O)NC(COC1OC(CO)C(O)C(O)C1O)C(O)C(O)CCC/C=C/CCCCCCCCCCCCCCCCCCCCCCCCC. The maximum absolute atomic E-state index is 13.3. The van der Waals surface area contributed by atoms with Gasteiger partial charge in [0.25, 0.3) is 0 Å². The van der Waals surface area contributed by atoms with Crippen molar-refractivity contribution in [2.24, 2.45) is 0 Å². The van der Waals surface area contributed by atoms with Crippen molar-refractivity contribution in [2.75, 3.05) is 13.2 Å². The van der Waals surface area contributed by atoms with Crippen LogP contribution in [0.2, 0.25) is 0 Å². The third-order valence-corrected chi connectivity index (χ3v) is 17.5. The van der Waals surface area contributed by atoms with E-state index in [0.29, 0.717) is 12.8 Å². The highest BCUT2D eigenvalue weighted by atomic mass is 16.7. The second-order valence-electron chi connectivity index (χ2n) is 25.3. The summed E-state index contributed by atoms with van der Waals surface area (Å²) in [5, 5.41) is 76.5. The molecule has 8 N–H and O–H groups in total. The molecule has 486 valence electrons. The Kier molecular flexibility index (Phi) is 57.4. The van der Waals surface area contributed by atoms with E-state index in [-0.39, 0.29) is 12.8 Å². The number of unbranched alkanes of at least 4 members (excludes halogenated alkanes) is 47. The summed E-state index contributed by atoms with van der Waals surface area (Å²) in [4.78, 5) is 13.3. The smallest absolute Gasteiger partial charge is 0.249 e. The minimum atomic E-state index is -1.67. The number of nitrogens with one attached hydrogen (secondary N) is 1. The first-order valence-electron chi connectivity index (χ1n) is 35.7. The number of aliphatic hydroxyl groups excluding tert-OH is 7. The van der Waals surface area contributed by atoms with Gasteiger partial charge in [-0.05, 0) is 64.2 Å². The zero-order valence-electron chi connectivity index (χ0n) is 53.8. The van der Waals surface area contributed by atoms with Crippen molar-refractivity contribution < 1.29 is 50.0 Å². The van der Waals surface area contributed by atoms with Gasteiger partial charge in [-0.1, -0.05) is 314 Å². The van der Waals surface area contributed by atoms with E-state index in [1.165, 1.54) is 276 Å². The summed E-state index contributed by atoms with van der Waals surface area (Å²) in [5.74, 6) is -0.701. The zero-order chi connectivity index (χ0) is 59.6. The molecular weight excluding hydrogens is 1030 g/mol. The van der Waals surface area contributed by atoms with Gasteiger partial charge in [0.1, 0.15) is 36.6 Å². The molecule has 1 rings (SSSR count). The number of allylic oxidation sites excluding steroid dienone is 4. The predicted molar refractivity (Wildman–Crippen MR) is 344 cm³/mol. The van der Waals surface area contributed by atoms with Crippen LogP contribution in [0.25, 0.3) is 0 Å². The molecule has 0 radical (unpaired) electrons. The van der Waals surface area contributed by atoms with Crippen molar-refractivity contribution in [3.8, 4) is 0 Å². The lowest BCUT2D eigenvalue weighted by Gasteiger charge is -2.40. The fraction of sp³-hybridized carbons (Fsp3) is 0.930. The molecule has 9 unspecified atom stereocenters. The number of ether oxygens (including phenoxy) is 2. The van der Waals surface area contributed by atoms with Crippen LogP contribution in [0.1, 0.15) is 354 Å². The highest BCUT2D eigenvalue weighted by molar-refractivity contribution is 5.80. The highest BCUT2D eigenvalue weighted by Crippen LogP contribution is 2.24. The number of carbonyl (C=O) groups is 1. The number of rotatable bonds is 63. The van der Waals surface area contributed by atoms with Gasteiger partial charge in [-0.15, -0.1) is 0 Å². The number of carbonyl (C=O) groups excluding carboxylic acids is 1. The first-order chi connectivity index (χ1) is 40.2. The van der Waals surface area contributed by atoms with Crippen LogP contribution >= 0.6 is 0 Å². The number of aliphatic hydroxyl groups is 7. The number of amides is 1. The molecule has 0 saturated carbocycles. The summed E-state index contributed by atoms with van der Waals surface area (Å²) >= 11 is 0. The van der Waals surface area contributed by atoms with Crippen molar-refractivity contribution in [3.63, 3.8) is 0 Å². The van der Waals surface area contributed by atoms with Gasteiger partial charge in [-0.3, -0.25) is 4.79 Å². The number of hydrogen-bond acceptors (Lipinski definition) is 10. The van der Waals surface area contributed by atoms with Gasteiger partial charge in [0, 0.05) is 0 Å². The van der Waals surface area contributed by atoms with Crippen LogP contribution in [0.3, 0.4) is 0 Å². The van der Waals surface area contributed by atoms with Crippen molar-refractivity contribution >= 4 is 5.91 Å². The van der Waals surface area contributed by atoms with Crippen LogP contribution in [-0.2, 0) is 14.3 Å². The minimum absolute atomic E-state index is 0.255. The standard InChI is InChI=1S/C71H137NO10/c1-3-5-7-9-11-13-15-17-19-21-23-25-27-29-31-33-34-36-38-40-42-44-46-48-50-52-54-56-58-63(74)66(76)62(61-81-71-69(79)68(78)67(77)65(60-73)82-71)72-70(80)64(75)59-57-55-53-51-49-47-45-43-41-39-37-35-32-30-28-26-24-22-20-18-16-14-12-10-8-6-4-2/h30,32,50,52,62-69,71,73-79H,3-29,31,33-49,51,53-61H2,1-2H3,(H,72,80)/b32-30-,52-50+. The Morgan fingerprint density at radius 1 is 0.415 bits per heavy atom. The molecule has 1 aliphatic heterocycles. The summed E-state index contributed by atoms with van der Waals surface area (Å²) in [5.41, 5.74) is 0. The zero-order valence-corrected chi connectivity index (χ0v) is 53.8. The number of hydrogen-bond donors (Lipinski definition) is 8. The van der Waals surface area contributed by atoms with Gasteiger partial charge in [-0.25, -0.2) is 0 Å². The summed E-state index contributed by atoms with van der Waals surface area (Å²) in [6, 6.07) is -1.19. The largest absolute Gasteiger partial charge is 0.394 e. The van der Waals surface area contributed by atoms with Gasteiger partial charge in [-0.2, -0.15) is 0 Å². The molecule has 0 bridgehead atoms. The lowest BCUT2D eigenvalue weighted by Crippen LogP contribution is -2.60. The quantitative estimate of drug-likeness (QED) is 0.0215. The van der Waals surface area contributed by atoms with Gasteiger partial charge < -0.3 is 50.5 Å². The Morgan fingerprint density at radius 3 is 1.05 bits per heavy atom. The van der Waals surface area contributed by atoms with Crippen LogP contribution in [0.5, 0.6) is 0 Å². The molecule has 1 aliphatic rings. The van der Waals surface area contributed by atoms with E-state index < -0.39 is 74.2 Å². The molecule has 0 spiro atoms. The van der Waals surface area contributed by atoms with Crippen LogP contribution < -0.4 is 5.32 Å². The molecule has 11 nitrogen and oxygen atoms in total. The van der Waals surface area contributed by atoms with Gasteiger partial charge in [0.2, 0.25) is 5.91 Å². The van der Waals surface area contributed by atoms with E-state index in [0.717, 1.165) is 38.5 Å². The van der Waals surface area contributed by atoms with E-state index in [1.54, 1.807) is 0 Å². The molecule has 11 heteroatoms. The molecule has 9 atom stereocenters. The fourth-order valence-electron chi connectivity index (χ4n) is 11.7. The van der Waals surface area contributed by atoms with Crippen LogP contribution in [0.4, 0.5) is 0 Å². The first kappa shape index (κ1) is 78.6. The molecule has 0 aliphatic carbocycles. The Labute approximate surface area is 505 Å². The molecule has 82 heavy (non-hydrogen) atoms. The minimum Gasteiger partial charge on any atom is -0.394 e. The second kappa shape index (κ2) is 59.9. The van der Waals surface area contributed by atoms with Gasteiger partial charge in [0.15, 0.2) is 6.29 Å². The lowest BCUT2D eigenvalue weighted by atomic mass is 9.98. The van der Waals surface area contributed by atoms with Crippen LogP contribution in [0, 0.1) is 0 Å². The third kappa shape index (κ3) is 46.8. The summed E-state index contributed by atoms with van der Waals surface area (Å²) in [7, 11) is 0. The molecule has 0 aromatic heterocycles. The molecule has 1 fully saturated rings. The van der Waals surface area contributed by atoms with E-state index in [2.05, 4.69) is 43.5 Å². The molecular formula is C71H137NO10. The third-order valence-electron chi connectivity index (χ3n) is 17.5. The van der Waals surface area contributed by atoms with Crippen molar-refractivity contribution in [1.29, 1.82) is 0 Å². The average Bonchev–Trinajstić information content (AvgIpc) is 3.53. The Hall–Kier alpha value is -1.41. The maximum atomic E-state index is 13.3. The molecule has 1 amide bonds. The van der Waals surface area contributed by atoms with Crippen LogP contribution in [0.15, 0.2) is 24.3 Å². The Bertz CT molecular complexity index is 1380. The monoisotopic (exact) mass is 1160 g/mol. The molecule has 0 aromatic carbocycles. The van der Waals surface area contributed by atoms with Crippen molar-refractivity contribution in [3.05, 3.63) is 24.3 Å².